The molecule has 1 aromatic heterocycles. The van der Waals surface area contributed by atoms with Crippen LogP contribution in [0.4, 0.5) is 0 Å². The summed E-state index contributed by atoms with van der Waals surface area (Å²) in [6.45, 7) is 0. The lowest BCUT2D eigenvalue weighted by atomic mass is 10.2. The second-order valence-electron chi connectivity index (χ2n) is 2.53. The Morgan fingerprint density at radius 1 is 1.38 bits per heavy atom. The maximum absolute atomic E-state index is 11.2. The van der Waals surface area contributed by atoms with Crippen LogP contribution in [0.15, 0.2) is 12.3 Å². The first-order valence-corrected chi connectivity index (χ1v) is 3.62. The number of hydrogen-bond acceptors (Lipinski definition) is 4. The van der Waals surface area contributed by atoms with Crippen LogP contribution in [0.5, 0.6) is 5.88 Å². The normalized spacial score (nSPS) is 13.9. The lowest BCUT2D eigenvalue weighted by Gasteiger charge is -2.00. The second kappa shape index (κ2) is 2.55. The zero-order chi connectivity index (χ0) is 9.42. The van der Waals surface area contributed by atoms with Crippen LogP contribution in [0.3, 0.4) is 0 Å². The van der Waals surface area contributed by atoms with Gasteiger partial charge in [0.1, 0.15) is 5.56 Å². The average Bonchev–Trinajstić information content (AvgIpc) is 2.43. The van der Waals surface area contributed by atoms with Crippen LogP contribution in [-0.2, 0) is 0 Å². The van der Waals surface area contributed by atoms with E-state index < -0.39 is 11.8 Å². The van der Waals surface area contributed by atoms with Crippen LogP contribution < -0.4 is 10.1 Å². The minimum atomic E-state index is -0.454. The smallest absolute Gasteiger partial charge is 0.264 e. The Labute approximate surface area is 73.7 Å². The van der Waals surface area contributed by atoms with Crippen LogP contribution in [0.25, 0.3) is 0 Å². The van der Waals surface area contributed by atoms with Gasteiger partial charge in [-0.15, -0.1) is 0 Å². The lowest BCUT2D eigenvalue weighted by molar-refractivity contribution is 0.0879. The van der Waals surface area contributed by atoms with E-state index in [0.29, 0.717) is 5.56 Å². The van der Waals surface area contributed by atoms with Gasteiger partial charge in [-0.3, -0.25) is 14.9 Å². The Bertz CT molecular complexity index is 400. The third kappa shape index (κ3) is 0.970. The zero-order valence-corrected chi connectivity index (χ0v) is 6.83. The number of nitrogens with one attached hydrogen (secondary N) is 1. The highest BCUT2D eigenvalue weighted by Gasteiger charge is 2.30. The molecule has 5 nitrogen and oxygen atoms in total. The molecule has 0 bridgehead atoms. The summed E-state index contributed by atoms with van der Waals surface area (Å²) < 4.78 is 4.85. The Balaban J connectivity index is 2.69. The van der Waals surface area contributed by atoms with Crippen molar-refractivity contribution < 1.29 is 14.3 Å². The summed E-state index contributed by atoms with van der Waals surface area (Å²) >= 11 is 0. The molecule has 0 spiro atoms. The summed E-state index contributed by atoms with van der Waals surface area (Å²) in [7, 11) is 1.40. The Kier molecular flexibility index (Phi) is 1.51. The summed E-state index contributed by atoms with van der Waals surface area (Å²) in [4.78, 5) is 26.2. The second-order valence-corrected chi connectivity index (χ2v) is 2.53. The van der Waals surface area contributed by atoms with Crippen LogP contribution in [0.2, 0.25) is 0 Å². The van der Waals surface area contributed by atoms with Gasteiger partial charge < -0.3 is 4.74 Å². The molecule has 0 saturated heterocycles. The van der Waals surface area contributed by atoms with Gasteiger partial charge in [0.15, 0.2) is 0 Å². The number of rotatable bonds is 1. The van der Waals surface area contributed by atoms with Crippen molar-refractivity contribution in [2.75, 3.05) is 7.11 Å². The minimum absolute atomic E-state index is 0.181. The number of hydrogen-bond donors (Lipinski definition) is 1. The van der Waals surface area contributed by atoms with Gasteiger partial charge in [0.2, 0.25) is 5.88 Å². The van der Waals surface area contributed by atoms with E-state index in [4.69, 9.17) is 4.74 Å². The highest BCUT2D eigenvalue weighted by molar-refractivity contribution is 6.22. The molecule has 2 amide bonds. The number of carbonyl (C=O) groups is 2. The summed E-state index contributed by atoms with van der Waals surface area (Å²) in [5.74, 6) is -0.675. The van der Waals surface area contributed by atoms with E-state index in [0.717, 1.165) is 0 Å². The first kappa shape index (κ1) is 7.72. The standard InChI is InChI=1S/C8H6N2O3/c1-13-8-5-4(2-3-9-8)6(11)10-7(5)12/h2-3H,1H3,(H,10,11,12). The van der Waals surface area contributed by atoms with Crippen LogP contribution in [0, 0.1) is 0 Å². The molecule has 66 valence electrons. The third-order valence-electron chi connectivity index (χ3n) is 1.81. The number of fused-ring (bicyclic) bond motifs is 1. The van der Waals surface area contributed by atoms with E-state index in [9.17, 15) is 9.59 Å². The molecule has 0 unspecified atom stereocenters. The molecule has 0 fully saturated rings. The first-order valence-electron chi connectivity index (χ1n) is 3.62. The molecule has 0 radical (unpaired) electrons. The molecule has 2 heterocycles. The van der Waals surface area contributed by atoms with Crippen LogP contribution in [-0.4, -0.2) is 23.9 Å². The fraction of sp³-hybridized carbons (Fsp3) is 0.125. The predicted octanol–water partition coefficient (Wildman–Crippen LogP) is -0.0262. The van der Waals surface area contributed by atoms with Crippen molar-refractivity contribution in [3.63, 3.8) is 0 Å². The van der Waals surface area contributed by atoms with E-state index in [1.807, 2.05) is 0 Å². The number of pyridine rings is 1. The quantitative estimate of drug-likeness (QED) is 0.613. The highest BCUT2D eigenvalue weighted by Crippen LogP contribution is 2.22. The number of amides is 2. The summed E-state index contributed by atoms with van der Waals surface area (Å²) in [5, 5.41) is 2.16. The van der Waals surface area contributed by atoms with Crippen molar-refractivity contribution >= 4 is 11.8 Å². The number of imide groups is 1. The largest absolute Gasteiger partial charge is 0.480 e. The van der Waals surface area contributed by atoms with Crippen molar-refractivity contribution in [2.24, 2.45) is 0 Å². The topological polar surface area (TPSA) is 68.3 Å². The monoisotopic (exact) mass is 178 g/mol. The third-order valence-corrected chi connectivity index (χ3v) is 1.81. The van der Waals surface area contributed by atoms with Gasteiger partial charge in [0.05, 0.1) is 12.7 Å². The van der Waals surface area contributed by atoms with E-state index >= 15 is 0 Å². The van der Waals surface area contributed by atoms with E-state index in [2.05, 4.69) is 10.3 Å². The number of nitrogens with zero attached hydrogens (tertiary/aromatic N) is 1. The molecule has 5 heteroatoms. The first-order chi connectivity index (χ1) is 6.24. The average molecular weight is 178 g/mol. The molecule has 0 saturated carbocycles. The number of methoxy groups -OCH3 is 1. The van der Waals surface area contributed by atoms with Crippen molar-refractivity contribution in [3.8, 4) is 5.88 Å². The Morgan fingerprint density at radius 3 is 2.85 bits per heavy atom. The Hall–Kier alpha value is -1.91. The van der Waals surface area contributed by atoms with E-state index in [1.54, 1.807) is 0 Å². The highest BCUT2D eigenvalue weighted by atomic mass is 16.5. The minimum Gasteiger partial charge on any atom is -0.480 e. The van der Waals surface area contributed by atoms with Crippen LogP contribution >= 0.6 is 0 Å². The molecule has 2 rings (SSSR count). The summed E-state index contributed by atoms with van der Waals surface area (Å²) in [5.41, 5.74) is 0.534. The van der Waals surface area contributed by atoms with Crippen molar-refractivity contribution in [1.82, 2.24) is 10.3 Å². The van der Waals surface area contributed by atoms with E-state index in [-0.39, 0.29) is 11.4 Å². The van der Waals surface area contributed by atoms with Gasteiger partial charge in [-0.2, -0.15) is 0 Å². The molecule has 0 aliphatic carbocycles. The molecule has 1 N–H and O–H groups in total. The molecular weight excluding hydrogens is 172 g/mol. The molecule has 0 atom stereocenters. The van der Waals surface area contributed by atoms with Crippen molar-refractivity contribution in [3.05, 3.63) is 23.4 Å². The van der Waals surface area contributed by atoms with Gasteiger partial charge in [0.25, 0.3) is 11.8 Å². The molecule has 1 aliphatic rings. The fourth-order valence-corrected chi connectivity index (χ4v) is 1.24. The summed E-state index contributed by atoms with van der Waals surface area (Å²) in [6.07, 6.45) is 1.43. The van der Waals surface area contributed by atoms with Gasteiger partial charge in [-0.1, -0.05) is 0 Å². The Morgan fingerprint density at radius 2 is 2.15 bits per heavy atom. The SMILES string of the molecule is COc1nccc2c1C(=O)NC2=O. The number of ether oxygens (including phenoxy) is 1. The lowest BCUT2D eigenvalue weighted by Crippen LogP contribution is -2.20. The molecular formula is C8H6N2O3. The van der Waals surface area contributed by atoms with Gasteiger partial charge in [-0.25, -0.2) is 4.98 Å². The maximum atomic E-state index is 11.2. The predicted molar refractivity (Wildman–Crippen MR) is 42.6 cm³/mol. The van der Waals surface area contributed by atoms with Crippen molar-refractivity contribution in [2.45, 2.75) is 0 Å². The van der Waals surface area contributed by atoms with E-state index in [1.165, 1.54) is 19.4 Å². The van der Waals surface area contributed by atoms with Crippen molar-refractivity contribution in [1.29, 1.82) is 0 Å². The van der Waals surface area contributed by atoms with Gasteiger partial charge in [0, 0.05) is 6.20 Å². The molecule has 13 heavy (non-hydrogen) atoms. The van der Waals surface area contributed by atoms with Gasteiger partial charge in [-0.05, 0) is 6.07 Å². The van der Waals surface area contributed by atoms with Gasteiger partial charge >= 0.3 is 0 Å². The molecule has 0 aromatic carbocycles. The number of aromatic nitrogens is 1. The molecule has 1 aromatic rings. The van der Waals surface area contributed by atoms with Crippen LogP contribution in [0.1, 0.15) is 20.7 Å². The molecule has 1 aliphatic heterocycles. The maximum Gasteiger partial charge on any atom is 0.264 e. The fourth-order valence-electron chi connectivity index (χ4n) is 1.24. The summed E-state index contributed by atoms with van der Waals surface area (Å²) in [6, 6.07) is 1.48. The number of carbonyl (C=O) groups excluding carboxylic acids is 2. The zero-order valence-electron chi connectivity index (χ0n) is 6.83.